The van der Waals surface area contributed by atoms with Crippen molar-refractivity contribution in [3.63, 3.8) is 0 Å². The van der Waals surface area contributed by atoms with E-state index in [4.69, 9.17) is 18.9 Å². The summed E-state index contributed by atoms with van der Waals surface area (Å²) in [6.45, 7) is 0. The summed E-state index contributed by atoms with van der Waals surface area (Å²) in [5.41, 5.74) is 2.55. The van der Waals surface area contributed by atoms with Crippen LogP contribution < -0.4 is 18.9 Å². The fourth-order valence-corrected chi connectivity index (χ4v) is 4.74. The van der Waals surface area contributed by atoms with Crippen molar-refractivity contribution in [2.45, 2.75) is 31.1 Å². The molecule has 0 amide bonds. The Balaban J connectivity index is 2.02. The molecule has 0 N–H and O–H groups in total. The number of carbonyl (C=O) groups is 2. The largest absolute Gasteiger partial charge is 0.493 e. The normalized spacial score (nSPS) is 16.8. The molecule has 2 aliphatic rings. The number of hydrogen-bond acceptors (Lipinski definition) is 6. The minimum absolute atomic E-state index is 0.0745. The number of rotatable bonds is 4. The molecule has 6 heteroatoms. The first-order valence-electron chi connectivity index (χ1n) is 9.58. The number of ether oxygens (including phenoxy) is 4. The summed E-state index contributed by atoms with van der Waals surface area (Å²) in [4.78, 5) is 25.5. The van der Waals surface area contributed by atoms with Gasteiger partial charge >= 0.3 is 0 Å². The van der Waals surface area contributed by atoms with Crippen LogP contribution in [0.3, 0.4) is 0 Å². The average molecular weight is 396 g/mol. The highest BCUT2D eigenvalue weighted by atomic mass is 16.5. The fourth-order valence-electron chi connectivity index (χ4n) is 4.74. The van der Waals surface area contributed by atoms with Crippen molar-refractivity contribution >= 4 is 11.6 Å². The third kappa shape index (κ3) is 2.77. The first-order valence-corrected chi connectivity index (χ1v) is 9.58. The second kappa shape index (κ2) is 7.10. The first-order chi connectivity index (χ1) is 14.0. The lowest BCUT2D eigenvalue weighted by molar-refractivity contribution is 0.0931. The van der Waals surface area contributed by atoms with Gasteiger partial charge in [-0.2, -0.15) is 0 Å². The highest BCUT2D eigenvalue weighted by Crippen LogP contribution is 2.53. The van der Waals surface area contributed by atoms with Crippen molar-refractivity contribution in [2.24, 2.45) is 0 Å². The zero-order valence-corrected chi connectivity index (χ0v) is 17.1. The van der Waals surface area contributed by atoms with Crippen LogP contribution in [-0.4, -0.2) is 40.0 Å². The summed E-state index contributed by atoms with van der Waals surface area (Å²) in [5, 5.41) is 0. The van der Waals surface area contributed by atoms with Gasteiger partial charge in [0, 0.05) is 29.4 Å². The molecule has 0 saturated carbocycles. The molecule has 29 heavy (non-hydrogen) atoms. The van der Waals surface area contributed by atoms with Gasteiger partial charge in [0.1, 0.15) is 0 Å². The van der Waals surface area contributed by atoms with Crippen LogP contribution in [0, 0.1) is 0 Å². The van der Waals surface area contributed by atoms with Gasteiger partial charge in [0.25, 0.3) is 0 Å². The minimum Gasteiger partial charge on any atom is -0.493 e. The van der Waals surface area contributed by atoms with E-state index in [0.29, 0.717) is 59.8 Å². The zero-order chi connectivity index (χ0) is 20.8. The lowest BCUT2D eigenvalue weighted by Gasteiger charge is -2.43. The van der Waals surface area contributed by atoms with Crippen molar-refractivity contribution in [3.05, 3.63) is 46.5 Å². The Morgan fingerprint density at radius 1 is 0.621 bits per heavy atom. The molecule has 0 heterocycles. The maximum absolute atomic E-state index is 12.8. The molecule has 0 atom stereocenters. The monoisotopic (exact) mass is 396 g/mol. The van der Waals surface area contributed by atoms with Crippen molar-refractivity contribution in [1.29, 1.82) is 0 Å². The molecule has 0 aliphatic heterocycles. The Kier molecular flexibility index (Phi) is 4.73. The van der Waals surface area contributed by atoms with Gasteiger partial charge in [-0.15, -0.1) is 0 Å². The van der Waals surface area contributed by atoms with E-state index < -0.39 is 5.41 Å². The van der Waals surface area contributed by atoms with Crippen molar-refractivity contribution in [1.82, 2.24) is 0 Å². The van der Waals surface area contributed by atoms with Crippen LogP contribution in [0.1, 0.15) is 57.5 Å². The van der Waals surface area contributed by atoms with Gasteiger partial charge in [-0.1, -0.05) is 0 Å². The molecule has 1 spiro atoms. The molecule has 0 radical (unpaired) electrons. The molecule has 0 saturated heterocycles. The van der Waals surface area contributed by atoms with Gasteiger partial charge in [-0.05, 0) is 48.2 Å². The van der Waals surface area contributed by atoms with E-state index in [0.717, 1.165) is 11.1 Å². The predicted molar refractivity (Wildman–Crippen MR) is 107 cm³/mol. The second-order valence-corrected chi connectivity index (χ2v) is 7.43. The van der Waals surface area contributed by atoms with E-state index in [2.05, 4.69) is 0 Å². The molecule has 0 bridgehead atoms. The summed E-state index contributed by atoms with van der Waals surface area (Å²) in [6.07, 6.45) is 2.07. The van der Waals surface area contributed by atoms with Crippen LogP contribution in [0.2, 0.25) is 0 Å². The predicted octanol–water partition coefficient (Wildman–Crippen LogP) is 3.96. The van der Waals surface area contributed by atoms with E-state index in [9.17, 15) is 9.59 Å². The van der Waals surface area contributed by atoms with Crippen LogP contribution in [-0.2, 0) is 5.41 Å². The van der Waals surface area contributed by atoms with Gasteiger partial charge in [0.15, 0.2) is 34.6 Å². The molecular formula is C23H24O6. The zero-order valence-electron chi connectivity index (χ0n) is 17.1. The Hall–Kier alpha value is -3.02. The molecule has 4 rings (SSSR count). The van der Waals surface area contributed by atoms with Crippen molar-refractivity contribution < 1.29 is 28.5 Å². The number of benzene rings is 2. The summed E-state index contributed by atoms with van der Waals surface area (Å²) in [5.74, 6) is 2.33. The summed E-state index contributed by atoms with van der Waals surface area (Å²) < 4.78 is 21.9. The van der Waals surface area contributed by atoms with Gasteiger partial charge in [-0.25, -0.2) is 0 Å². The second-order valence-electron chi connectivity index (χ2n) is 7.43. The van der Waals surface area contributed by atoms with Gasteiger partial charge < -0.3 is 18.9 Å². The molecule has 152 valence electrons. The van der Waals surface area contributed by atoms with Crippen LogP contribution in [0.15, 0.2) is 24.3 Å². The summed E-state index contributed by atoms with van der Waals surface area (Å²) >= 11 is 0. The number of fused-ring (bicyclic) bond motifs is 4. The number of methoxy groups -OCH3 is 4. The standard InChI is InChI=1S/C23H24O6/c1-26-19-9-13-15(11-21(19)28-3)23(7-5-17(13)24)8-6-18(25)14-10-20(27-2)22(29-4)12-16(14)23/h9-12H,5-8H2,1-4H3. The molecule has 6 nitrogen and oxygen atoms in total. The van der Waals surface area contributed by atoms with Crippen molar-refractivity contribution in [3.8, 4) is 23.0 Å². The lowest BCUT2D eigenvalue weighted by atomic mass is 9.59. The lowest BCUT2D eigenvalue weighted by Crippen LogP contribution is -2.39. The maximum Gasteiger partial charge on any atom is 0.163 e. The Morgan fingerprint density at radius 3 is 1.31 bits per heavy atom. The molecule has 0 unspecified atom stereocenters. The average Bonchev–Trinajstić information content (AvgIpc) is 2.76. The van der Waals surface area contributed by atoms with Crippen molar-refractivity contribution in [2.75, 3.05) is 28.4 Å². The summed E-state index contributed by atoms with van der Waals surface area (Å²) in [7, 11) is 6.26. The van der Waals surface area contributed by atoms with Crippen LogP contribution in [0.5, 0.6) is 23.0 Å². The number of Topliss-reactive ketones (excluding diaryl/α,β-unsaturated/α-hetero) is 2. The SMILES string of the molecule is COc1cc2c(cc1OC)C1(CCC2=O)CCC(=O)c2cc(OC)c(OC)cc21. The van der Waals surface area contributed by atoms with Gasteiger partial charge in [-0.3, -0.25) is 9.59 Å². The highest BCUT2D eigenvalue weighted by Gasteiger charge is 2.46. The molecule has 0 aromatic heterocycles. The van der Waals surface area contributed by atoms with Crippen LogP contribution in [0.4, 0.5) is 0 Å². The minimum atomic E-state index is -0.467. The quantitative estimate of drug-likeness (QED) is 0.779. The highest BCUT2D eigenvalue weighted by molar-refractivity contribution is 6.03. The molecular weight excluding hydrogens is 372 g/mol. The van der Waals surface area contributed by atoms with E-state index in [1.807, 2.05) is 12.1 Å². The third-order valence-corrected chi connectivity index (χ3v) is 6.24. The molecule has 2 aromatic rings. The van der Waals surface area contributed by atoms with E-state index in [-0.39, 0.29) is 11.6 Å². The van der Waals surface area contributed by atoms with Gasteiger partial charge in [0.05, 0.1) is 28.4 Å². The number of hydrogen-bond donors (Lipinski definition) is 0. The Morgan fingerprint density at radius 2 is 0.966 bits per heavy atom. The molecule has 2 aliphatic carbocycles. The molecule has 0 fully saturated rings. The molecule has 2 aromatic carbocycles. The first kappa shape index (κ1) is 19.3. The fraction of sp³-hybridized carbons (Fsp3) is 0.391. The van der Waals surface area contributed by atoms with E-state index >= 15 is 0 Å². The Bertz CT molecular complexity index is 925. The smallest absolute Gasteiger partial charge is 0.163 e. The van der Waals surface area contributed by atoms with Crippen LogP contribution in [0.25, 0.3) is 0 Å². The van der Waals surface area contributed by atoms with Crippen LogP contribution >= 0.6 is 0 Å². The van der Waals surface area contributed by atoms with E-state index in [1.54, 1.807) is 40.6 Å². The number of carbonyl (C=O) groups excluding carboxylic acids is 2. The summed E-state index contributed by atoms with van der Waals surface area (Å²) in [6, 6.07) is 7.30. The number of ketones is 2. The Labute approximate surface area is 169 Å². The van der Waals surface area contributed by atoms with Gasteiger partial charge in [0.2, 0.25) is 0 Å². The topological polar surface area (TPSA) is 71.1 Å². The van der Waals surface area contributed by atoms with E-state index in [1.165, 1.54) is 0 Å². The maximum atomic E-state index is 12.8. The third-order valence-electron chi connectivity index (χ3n) is 6.24.